The molecule has 1 aromatic heterocycles. The normalized spacial score (nSPS) is 17.6. The van der Waals surface area contributed by atoms with Crippen LogP contribution in [0, 0.1) is 0 Å². The van der Waals surface area contributed by atoms with E-state index in [2.05, 4.69) is 39.7 Å². The SMILES string of the molecule is CC(C)N1CCCN(C(=O)c2cccc(Br)n2)CC1. The first-order valence-electron chi connectivity index (χ1n) is 6.74. The molecule has 2 rings (SSSR count). The van der Waals surface area contributed by atoms with Crippen molar-refractivity contribution in [1.82, 2.24) is 14.8 Å². The van der Waals surface area contributed by atoms with Gasteiger partial charge in [-0.2, -0.15) is 0 Å². The summed E-state index contributed by atoms with van der Waals surface area (Å²) in [5.41, 5.74) is 0.521. The first-order chi connectivity index (χ1) is 9.08. The third-order valence-electron chi connectivity index (χ3n) is 3.48. The van der Waals surface area contributed by atoms with Gasteiger partial charge in [0.2, 0.25) is 0 Å². The van der Waals surface area contributed by atoms with Gasteiger partial charge in [-0.25, -0.2) is 4.98 Å². The number of pyridine rings is 1. The molecule has 4 nitrogen and oxygen atoms in total. The van der Waals surface area contributed by atoms with Crippen LogP contribution in [0.25, 0.3) is 0 Å². The fourth-order valence-corrected chi connectivity index (χ4v) is 2.69. The van der Waals surface area contributed by atoms with Crippen molar-refractivity contribution >= 4 is 21.8 Å². The molecule has 0 spiro atoms. The molecule has 0 unspecified atom stereocenters. The van der Waals surface area contributed by atoms with Gasteiger partial charge in [-0.1, -0.05) is 6.07 Å². The second-order valence-electron chi connectivity index (χ2n) is 5.12. The standard InChI is InChI=1S/C14H20BrN3O/c1-11(2)17-7-4-8-18(10-9-17)14(19)12-5-3-6-13(15)16-12/h3,5-6,11H,4,7-10H2,1-2H3. The summed E-state index contributed by atoms with van der Waals surface area (Å²) in [5, 5.41) is 0. The predicted molar refractivity (Wildman–Crippen MR) is 79.2 cm³/mol. The summed E-state index contributed by atoms with van der Waals surface area (Å²) in [6.07, 6.45) is 1.03. The molecular formula is C14H20BrN3O. The summed E-state index contributed by atoms with van der Waals surface area (Å²) in [7, 11) is 0. The Kier molecular flexibility index (Phi) is 4.93. The zero-order valence-electron chi connectivity index (χ0n) is 11.5. The third-order valence-corrected chi connectivity index (χ3v) is 3.92. The van der Waals surface area contributed by atoms with E-state index in [-0.39, 0.29) is 5.91 Å². The number of carbonyl (C=O) groups is 1. The molecule has 1 fully saturated rings. The number of carbonyl (C=O) groups excluding carboxylic acids is 1. The molecule has 0 atom stereocenters. The Bertz CT molecular complexity index is 450. The van der Waals surface area contributed by atoms with Gasteiger partial charge in [-0.05, 0) is 48.3 Å². The van der Waals surface area contributed by atoms with Crippen LogP contribution in [0.3, 0.4) is 0 Å². The Morgan fingerprint density at radius 1 is 1.26 bits per heavy atom. The van der Waals surface area contributed by atoms with Gasteiger partial charge in [-0.3, -0.25) is 9.69 Å². The second kappa shape index (κ2) is 6.48. The van der Waals surface area contributed by atoms with Crippen molar-refractivity contribution in [3.8, 4) is 0 Å². The van der Waals surface area contributed by atoms with Gasteiger partial charge in [0.1, 0.15) is 10.3 Å². The van der Waals surface area contributed by atoms with Crippen LogP contribution in [-0.2, 0) is 0 Å². The zero-order valence-corrected chi connectivity index (χ0v) is 13.1. The smallest absolute Gasteiger partial charge is 0.272 e. The van der Waals surface area contributed by atoms with Crippen molar-refractivity contribution < 1.29 is 4.79 Å². The van der Waals surface area contributed by atoms with Crippen LogP contribution in [-0.4, -0.2) is 52.9 Å². The molecule has 1 aromatic rings. The van der Waals surface area contributed by atoms with Gasteiger partial charge >= 0.3 is 0 Å². The molecule has 0 N–H and O–H groups in total. The van der Waals surface area contributed by atoms with E-state index in [1.807, 2.05) is 17.0 Å². The Hall–Kier alpha value is -0.940. The van der Waals surface area contributed by atoms with Crippen LogP contribution in [0.15, 0.2) is 22.8 Å². The summed E-state index contributed by atoms with van der Waals surface area (Å²) in [4.78, 5) is 21.0. The highest BCUT2D eigenvalue weighted by atomic mass is 79.9. The average molecular weight is 326 g/mol. The molecule has 19 heavy (non-hydrogen) atoms. The first kappa shape index (κ1) is 14.5. The summed E-state index contributed by atoms with van der Waals surface area (Å²) < 4.78 is 0.706. The highest BCUT2D eigenvalue weighted by Crippen LogP contribution is 2.12. The number of hydrogen-bond acceptors (Lipinski definition) is 3. The Morgan fingerprint density at radius 3 is 2.74 bits per heavy atom. The van der Waals surface area contributed by atoms with E-state index in [1.54, 1.807) is 6.07 Å². The van der Waals surface area contributed by atoms with E-state index in [4.69, 9.17) is 0 Å². The van der Waals surface area contributed by atoms with Crippen molar-refractivity contribution in [2.75, 3.05) is 26.2 Å². The maximum Gasteiger partial charge on any atom is 0.272 e. The van der Waals surface area contributed by atoms with Crippen LogP contribution >= 0.6 is 15.9 Å². The molecule has 0 aromatic carbocycles. The highest BCUT2D eigenvalue weighted by Gasteiger charge is 2.22. The van der Waals surface area contributed by atoms with Gasteiger partial charge < -0.3 is 4.90 Å². The van der Waals surface area contributed by atoms with Crippen LogP contribution in [0.2, 0.25) is 0 Å². The molecule has 0 bridgehead atoms. The molecule has 1 aliphatic heterocycles. The number of rotatable bonds is 2. The Morgan fingerprint density at radius 2 is 2.05 bits per heavy atom. The highest BCUT2D eigenvalue weighted by molar-refractivity contribution is 9.10. The Balaban J connectivity index is 2.04. The minimum absolute atomic E-state index is 0.0342. The number of amides is 1. The average Bonchev–Trinajstić information content (AvgIpc) is 2.63. The van der Waals surface area contributed by atoms with Crippen molar-refractivity contribution in [2.24, 2.45) is 0 Å². The lowest BCUT2D eigenvalue weighted by Gasteiger charge is -2.24. The number of nitrogens with zero attached hydrogens (tertiary/aromatic N) is 3. The maximum absolute atomic E-state index is 12.4. The quantitative estimate of drug-likeness (QED) is 0.783. The van der Waals surface area contributed by atoms with E-state index in [0.29, 0.717) is 16.3 Å². The summed E-state index contributed by atoms with van der Waals surface area (Å²) in [6, 6.07) is 6.00. The van der Waals surface area contributed by atoms with Crippen LogP contribution in [0.1, 0.15) is 30.8 Å². The number of halogens is 1. The first-order valence-corrected chi connectivity index (χ1v) is 7.53. The molecular weight excluding hydrogens is 306 g/mol. The fraction of sp³-hybridized carbons (Fsp3) is 0.571. The predicted octanol–water partition coefficient (Wildman–Crippen LogP) is 2.40. The molecule has 0 aliphatic carbocycles. The monoisotopic (exact) mass is 325 g/mol. The zero-order chi connectivity index (χ0) is 13.8. The molecule has 2 heterocycles. The lowest BCUT2D eigenvalue weighted by Crippen LogP contribution is -2.37. The van der Waals surface area contributed by atoms with Crippen molar-refractivity contribution in [3.05, 3.63) is 28.5 Å². The molecule has 1 aliphatic rings. The van der Waals surface area contributed by atoms with E-state index in [9.17, 15) is 4.79 Å². The van der Waals surface area contributed by atoms with Crippen LogP contribution in [0.4, 0.5) is 0 Å². The lowest BCUT2D eigenvalue weighted by atomic mass is 10.3. The van der Waals surface area contributed by atoms with Gasteiger partial charge in [0.05, 0.1) is 0 Å². The summed E-state index contributed by atoms with van der Waals surface area (Å²) >= 11 is 3.31. The van der Waals surface area contributed by atoms with Gasteiger partial charge in [0.15, 0.2) is 0 Å². The lowest BCUT2D eigenvalue weighted by molar-refractivity contribution is 0.0753. The van der Waals surface area contributed by atoms with Crippen molar-refractivity contribution in [3.63, 3.8) is 0 Å². The van der Waals surface area contributed by atoms with Gasteiger partial charge in [-0.15, -0.1) is 0 Å². The Labute approximate surface area is 122 Å². The van der Waals surface area contributed by atoms with E-state index in [1.165, 1.54) is 0 Å². The van der Waals surface area contributed by atoms with Gasteiger partial charge in [0, 0.05) is 32.2 Å². The van der Waals surface area contributed by atoms with Crippen LogP contribution in [0.5, 0.6) is 0 Å². The number of aromatic nitrogens is 1. The summed E-state index contributed by atoms with van der Waals surface area (Å²) in [6.45, 7) is 8.01. The molecule has 0 saturated carbocycles. The van der Waals surface area contributed by atoms with Gasteiger partial charge in [0.25, 0.3) is 5.91 Å². The minimum atomic E-state index is 0.0342. The summed E-state index contributed by atoms with van der Waals surface area (Å²) in [5.74, 6) is 0.0342. The van der Waals surface area contributed by atoms with Crippen molar-refractivity contribution in [1.29, 1.82) is 0 Å². The molecule has 1 amide bonds. The topological polar surface area (TPSA) is 36.4 Å². The van der Waals surface area contributed by atoms with E-state index in [0.717, 1.165) is 32.6 Å². The minimum Gasteiger partial charge on any atom is -0.336 e. The molecule has 104 valence electrons. The molecule has 0 radical (unpaired) electrons. The fourth-order valence-electron chi connectivity index (χ4n) is 2.35. The third kappa shape index (κ3) is 3.76. The maximum atomic E-state index is 12.4. The molecule has 1 saturated heterocycles. The van der Waals surface area contributed by atoms with Crippen LogP contribution < -0.4 is 0 Å². The largest absolute Gasteiger partial charge is 0.336 e. The van der Waals surface area contributed by atoms with E-state index < -0.39 is 0 Å². The number of hydrogen-bond donors (Lipinski definition) is 0. The second-order valence-corrected chi connectivity index (χ2v) is 5.93. The van der Waals surface area contributed by atoms with Crippen molar-refractivity contribution in [2.45, 2.75) is 26.3 Å². The van der Waals surface area contributed by atoms with E-state index >= 15 is 0 Å². The molecule has 5 heteroatoms.